The van der Waals surface area contributed by atoms with E-state index in [9.17, 15) is 0 Å². The number of fused-ring (bicyclic) bond motifs is 1. The van der Waals surface area contributed by atoms with Gasteiger partial charge in [-0.15, -0.1) is 0 Å². The minimum Gasteiger partial charge on any atom is -0.496 e. The summed E-state index contributed by atoms with van der Waals surface area (Å²) in [6.07, 6.45) is 3.79. The van der Waals surface area contributed by atoms with Gasteiger partial charge in [0, 0.05) is 18.0 Å². The van der Waals surface area contributed by atoms with Crippen LogP contribution >= 0.6 is 11.8 Å². The largest absolute Gasteiger partial charge is 0.496 e. The highest BCUT2D eigenvalue weighted by Gasteiger charge is 2.12. The molecule has 0 aliphatic carbocycles. The molecule has 3 rings (SSSR count). The average Bonchev–Trinajstić information content (AvgIpc) is 2.98. The smallest absolute Gasteiger partial charge is 0.178 e. The molecule has 2 aromatic heterocycles. The molecule has 0 radical (unpaired) electrons. The number of thioether (sulfide) groups is 1. The zero-order valence-electron chi connectivity index (χ0n) is 12.5. The third-order valence-corrected chi connectivity index (χ3v) is 3.82. The zero-order chi connectivity index (χ0) is 15.4. The number of nitrogens with one attached hydrogen (secondary N) is 1. The third-order valence-electron chi connectivity index (χ3n) is 3.24. The van der Waals surface area contributed by atoms with Crippen LogP contribution in [0.5, 0.6) is 11.5 Å². The molecule has 0 aliphatic heterocycles. The molecule has 1 N–H and O–H groups in total. The first-order valence-corrected chi connectivity index (χ1v) is 8.32. The van der Waals surface area contributed by atoms with E-state index in [1.807, 2.05) is 30.3 Å². The SMILES string of the molecule is COc1cc(OCCSC)ccc1-c1nc2ncccc2[nH]1. The fourth-order valence-corrected chi connectivity index (χ4v) is 2.42. The molecular formula is C16H17N3O2S. The maximum Gasteiger partial charge on any atom is 0.178 e. The Hall–Kier alpha value is -2.21. The molecule has 1 aromatic carbocycles. The molecule has 0 saturated heterocycles. The summed E-state index contributed by atoms with van der Waals surface area (Å²) in [7, 11) is 1.64. The van der Waals surface area contributed by atoms with E-state index in [0.29, 0.717) is 12.3 Å². The summed E-state index contributed by atoms with van der Waals surface area (Å²) in [4.78, 5) is 12.0. The molecule has 0 bridgehead atoms. The predicted octanol–water partition coefficient (Wildman–Crippen LogP) is 3.38. The number of aromatic nitrogens is 3. The van der Waals surface area contributed by atoms with E-state index in [1.54, 1.807) is 25.1 Å². The van der Waals surface area contributed by atoms with Crippen LogP contribution in [0.3, 0.4) is 0 Å². The number of nitrogens with zero attached hydrogens (tertiary/aromatic N) is 2. The van der Waals surface area contributed by atoms with Gasteiger partial charge in [0.15, 0.2) is 5.65 Å². The lowest BCUT2D eigenvalue weighted by molar-refractivity contribution is 0.340. The summed E-state index contributed by atoms with van der Waals surface area (Å²) < 4.78 is 11.2. The molecule has 114 valence electrons. The molecule has 6 heteroatoms. The van der Waals surface area contributed by atoms with E-state index >= 15 is 0 Å². The molecular weight excluding hydrogens is 298 g/mol. The Bertz CT molecular complexity index is 740. The maximum atomic E-state index is 5.69. The van der Waals surface area contributed by atoms with E-state index in [4.69, 9.17) is 9.47 Å². The quantitative estimate of drug-likeness (QED) is 0.707. The van der Waals surface area contributed by atoms with Crippen LogP contribution in [0.15, 0.2) is 36.5 Å². The van der Waals surface area contributed by atoms with Crippen molar-refractivity contribution in [2.24, 2.45) is 0 Å². The van der Waals surface area contributed by atoms with E-state index in [0.717, 1.165) is 34.2 Å². The van der Waals surface area contributed by atoms with E-state index < -0.39 is 0 Å². The molecule has 2 heterocycles. The normalized spacial score (nSPS) is 10.8. The number of pyridine rings is 1. The molecule has 0 atom stereocenters. The number of rotatable bonds is 6. The van der Waals surface area contributed by atoms with Crippen LogP contribution < -0.4 is 9.47 Å². The predicted molar refractivity (Wildman–Crippen MR) is 89.8 cm³/mol. The highest BCUT2D eigenvalue weighted by Crippen LogP contribution is 2.32. The number of hydrogen-bond acceptors (Lipinski definition) is 5. The lowest BCUT2D eigenvalue weighted by Crippen LogP contribution is -2.00. The van der Waals surface area contributed by atoms with Gasteiger partial charge in [-0.25, -0.2) is 9.97 Å². The van der Waals surface area contributed by atoms with Gasteiger partial charge in [-0.1, -0.05) is 0 Å². The minimum atomic E-state index is 0.679. The van der Waals surface area contributed by atoms with Crippen LogP contribution in [0.1, 0.15) is 0 Å². The summed E-state index contributed by atoms with van der Waals surface area (Å²) >= 11 is 1.76. The zero-order valence-corrected chi connectivity index (χ0v) is 13.3. The summed E-state index contributed by atoms with van der Waals surface area (Å²) in [6, 6.07) is 9.59. The van der Waals surface area contributed by atoms with Gasteiger partial charge in [0.05, 0.1) is 24.8 Å². The first-order chi connectivity index (χ1) is 10.8. The molecule has 22 heavy (non-hydrogen) atoms. The van der Waals surface area contributed by atoms with Gasteiger partial charge in [0.2, 0.25) is 0 Å². The second-order valence-corrected chi connectivity index (χ2v) is 5.65. The van der Waals surface area contributed by atoms with Crippen molar-refractivity contribution in [1.29, 1.82) is 0 Å². The van der Waals surface area contributed by atoms with E-state index in [1.165, 1.54) is 0 Å². The maximum absolute atomic E-state index is 5.69. The fourth-order valence-electron chi connectivity index (χ4n) is 2.17. The summed E-state index contributed by atoms with van der Waals surface area (Å²) in [5.41, 5.74) is 2.48. The highest BCUT2D eigenvalue weighted by molar-refractivity contribution is 7.98. The first-order valence-electron chi connectivity index (χ1n) is 6.92. The van der Waals surface area contributed by atoms with Crippen LogP contribution in [-0.4, -0.2) is 40.7 Å². The second kappa shape index (κ2) is 6.70. The molecule has 3 aromatic rings. The average molecular weight is 315 g/mol. The number of ether oxygens (including phenoxy) is 2. The number of methoxy groups -OCH3 is 1. The van der Waals surface area contributed by atoms with Gasteiger partial charge in [-0.2, -0.15) is 11.8 Å². The number of hydrogen-bond donors (Lipinski definition) is 1. The van der Waals surface area contributed by atoms with Gasteiger partial charge in [-0.3, -0.25) is 0 Å². The molecule has 0 saturated carbocycles. The standard InChI is InChI=1S/C16H17N3O2S/c1-20-14-10-11(21-8-9-22-2)5-6-12(14)15-18-13-4-3-7-17-16(13)19-15/h3-7,10H,8-9H2,1-2H3,(H,17,18,19). The minimum absolute atomic E-state index is 0.679. The van der Waals surface area contributed by atoms with Crippen LogP contribution in [0.4, 0.5) is 0 Å². The van der Waals surface area contributed by atoms with Crippen molar-refractivity contribution in [3.8, 4) is 22.9 Å². The molecule has 0 fully saturated rings. The second-order valence-electron chi connectivity index (χ2n) is 4.66. The Morgan fingerprint density at radius 3 is 2.95 bits per heavy atom. The monoisotopic (exact) mass is 315 g/mol. The molecule has 5 nitrogen and oxygen atoms in total. The summed E-state index contributed by atoms with van der Waals surface area (Å²) in [6.45, 7) is 0.679. The molecule has 0 spiro atoms. The van der Waals surface area contributed by atoms with E-state index in [-0.39, 0.29) is 0 Å². The number of H-pyrrole nitrogens is 1. The Morgan fingerprint density at radius 2 is 2.18 bits per heavy atom. The van der Waals surface area contributed by atoms with Crippen LogP contribution in [0.2, 0.25) is 0 Å². The van der Waals surface area contributed by atoms with Crippen LogP contribution in [0.25, 0.3) is 22.6 Å². The Kier molecular flexibility index (Phi) is 4.48. The summed E-state index contributed by atoms with van der Waals surface area (Å²) in [5.74, 6) is 3.21. The highest BCUT2D eigenvalue weighted by atomic mass is 32.2. The number of benzene rings is 1. The topological polar surface area (TPSA) is 60.0 Å². The third kappa shape index (κ3) is 3.01. The first kappa shape index (κ1) is 14.7. The fraction of sp³-hybridized carbons (Fsp3) is 0.250. The van der Waals surface area contributed by atoms with Crippen molar-refractivity contribution < 1.29 is 9.47 Å². The lowest BCUT2D eigenvalue weighted by atomic mass is 10.2. The van der Waals surface area contributed by atoms with Gasteiger partial charge in [-0.05, 0) is 30.5 Å². The summed E-state index contributed by atoms with van der Waals surface area (Å²) in [5, 5.41) is 0. The molecule has 0 aliphatic rings. The van der Waals surface area contributed by atoms with Gasteiger partial charge < -0.3 is 14.5 Å². The number of imidazole rings is 1. The Balaban J connectivity index is 1.92. The van der Waals surface area contributed by atoms with E-state index in [2.05, 4.69) is 21.2 Å². The van der Waals surface area contributed by atoms with Gasteiger partial charge in [0.25, 0.3) is 0 Å². The molecule has 0 unspecified atom stereocenters. The van der Waals surface area contributed by atoms with Crippen molar-refractivity contribution in [3.63, 3.8) is 0 Å². The van der Waals surface area contributed by atoms with Crippen molar-refractivity contribution in [1.82, 2.24) is 15.0 Å². The number of aromatic amines is 1. The van der Waals surface area contributed by atoms with Crippen molar-refractivity contribution in [3.05, 3.63) is 36.5 Å². The Morgan fingerprint density at radius 1 is 1.27 bits per heavy atom. The Labute approximate surface area is 133 Å². The van der Waals surface area contributed by atoms with Crippen molar-refractivity contribution in [2.45, 2.75) is 0 Å². The van der Waals surface area contributed by atoms with Gasteiger partial charge >= 0.3 is 0 Å². The van der Waals surface area contributed by atoms with Crippen LogP contribution in [0, 0.1) is 0 Å². The van der Waals surface area contributed by atoms with Gasteiger partial charge in [0.1, 0.15) is 17.3 Å². The van der Waals surface area contributed by atoms with Crippen molar-refractivity contribution in [2.75, 3.05) is 25.7 Å². The van der Waals surface area contributed by atoms with Crippen molar-refractivity contribution >= 4 is 22.9 Å². The lowest BCUT2D eigenvalue weighted by Gasteiger charge is -2.10. The molecule has 0 amide bonds. The van der Waals surface area contributed by atoms with Crippen LogP contribution in [-0.2, 0) is 0 Å².